The zero-order valence-electron chi connectivity index (χ0n) is 38.2. The molecule has 8 rings (SSSR count). The Labute approximate surface area is 385 Å². The van der Waals surface area contributed by atoms with Crippen LogP contribution in [0.3, 0.4) is 0 Å². The van der Waals surface area contributed by atoms with E-state index in [1.807, 2.05) is 48.0 Å². The average Bonchev–Trinajstić information content (AvgIpc) is 3.97. The molecule has 7 N–H and O–H groups in total. The third kappa shape index (κ3) is 15.0. The number of nitrogens with one attached hydrogen (secondary N) is 1. The lowest BCUT2D eigenvalue weighted by atomic mass is 9.89. The van der Waals surface area contributed by atoms with Crippen molar-refractivity contribution in [3.63, 3.8) is 0 Å². The van der Waals surface area contributed by atoms with E-state index < -0.39 is 0 Å². The quantitative estimate of drug-likeness (QED) is 0.0496. The summed E-state index contributed by atoms with van der Waals surface area (Å²) in [5, 5.41) is 22.2. The maximum absolute atomic E-state index is 12.3. The number of carbonyl (C=O) groups is 2. The summed E-state index contributed by atoms with van der Waals surface area (Å²) in [6.45, 7) is 11.7. The summed E-state index contributed by atoms with van der Waals surface area (Å²) < 4.78 is 6.06. The molecule has 63 heavy (non-hydrogen) atoms. The molecule has 4 aliphatic carbocycles. The molecule has 1 unspecified atom stereocenters. The zero-order valence-corrected chi connectivity index (χ0v) is 39.9. The predicted molar refractivity (Wildman–Crippen MR) is 261 cm³/mol. The normalized spacial score (nSPS) is 16.0. The number of thiocarbonyl (C=S) groups is 2. The molecule has 15 heteroatoms. The first-order chi connectivity index (χ1) is 30.5. The molecule has 0 bridgehead atoms. The monoisotopic (exact) mass is 898 g/mol. The number of nitrogens with two attached hydrogens (primary N) is 3. The van der Waals surface area contributed by atoms with E-state index in [9.17, 15) is 9.59 Å². The third-order valence-corrected chi connectivity index (χ3v) is 12.4. The largest absolute Gasteiger partial charge is 0.393 e. The minimum Gasteiger partial charge on any atom is -0.393 e. The van der Waals surface area contributed by atoms with E-state index in [1.165, 1.54) is 83.7 Å². The molecule has 1 aromatic carbocycles. The van der Waals surface area contributed by atoms with Crippen LogP contribution in [0.25, 0.3) is 0 Å². The Hall–Kier alpha value is -4.62. The molecule has 0 amide bonds. The minimum absolute atomic E-state index is 0.104. The van der Waals surface area contributed by atoms with E-state index in [0.29, 0.717) is 30.7 Å². The summed E-state index contributed by atoms with van der Waals surface area (Å²) in [5.74, 6) is 5.64. The Morgan fingerprint density at radius 1 is 0.730 bits per heavy atom. The van der Waals surface area contributed by atoms with Crippen LogP contribution in [0.2, 0.25) is 0 Å². The third-order valence-electron chi connectivity index (χ3n) is 11.9. The lowest BCUT2D eigenvalue weighted by Gasteiger charge is -2.12. The summed E-state index contributed by atoms with van der Waals surface area (Å²) in [6, 6.07) is 11.4. The Morgan fingerprint density at radius 2 is 1.19 bits per heavy atom. The summed E-state index contributed by atoms with van der Waals surface area (Å²) >= 11 is 10.5. The first-order valence-corrected chi connectivity index (χ1v) is 24.0. The van der Waals surface area contributed by atoms with Gasteiger partial charge >= 0.3 is 0 Å². The van der Waals surface area contributed by atoms with Gasteiger partial charge in [-0.05, 0) is 122 Å². The Kier molecular flexibility index (Phi) is 21.8. The number of hydrogen-bond acceptors (Lipinski definition) is 11. The number of aryl methyl sites for hydroxylation is 6. The number of benzene rings is 1. The highest BCUT2D eigenvalue weighted by Gasteiger charge is 2.23. The first-order valence-electron chi connectivity index (χ1n) is 23.2. The number of Topliss-reactive ketones (excluding diaryl/α,β-unsaturated/α-hetero) is 2. The van der Waals surface area contributed by atoms with Crippen molar-refractivity contribution in [2.75, 3.05) is 12.3 Å². The molecule has 0 aliphatic heterocycles. The lowest BCUT2D eigenvalue weighted by Crippen LogP contribution is -2.20. The fourth-order valence-electron chi connectivity index (χ4n) is 8.57. The second-order valence-corrected chi connectivity index (χ2v) is 17.5. The molecule has 1 fully saturated rings. The SMILES string of the molecule is CCNN.CCn1nc2c(c1CC(=S)CC(=O)c1ccccc1)CCCC2.CCn1nc2c(c1CC(N)=S)CCCC2.CCn1nc2c(c1N)CCCC2.N#CC1CCCCC1=O. The van der Waals surface area contributed by atoms with Gasteiger partial charge in [0.05, 0.1) is 28.1 Å². The van der Waals surface area contributed by atoms with Crippen molar-refractivity contribution in [3.05, 3.63) is 81.1 Å². The van der Waals surface area contributed by atoms with E-state index in [0.717, 1.165) is 100 Å². The van der Waals surface area contributed by atoms with Crippen molar-refractivity contribution in [2.24, 2.45) is 17.5 Å². The van der Waals surface area contributed by atoms with Crippen LogP contribution in [0.4, 0.5) is 5.82 Å². The van der Waals surface area contributed by atoms with Crippen molar-refractivity contribution in [2.45, 2.75) is 169 Å². The molecule has 0 spiro atoms. The summed E-state index contributed by atoms with van der Waals surface area (Å²) in [7, 11) is 0. The highest BCUT2D eigenvalue weighted by atomic mass is 32.1. The van der Waals surface area contributed by atoms with Gasteiger partial charge in [0.25, 0.3) is 0 Å². The molecule has 1 atom stereocenters. The molecule has 1 saturated carbocycles. The van der Waals surface area contributed by atoms with Crippen molar-refractivity contribution in [1.82, 2.24) is 34.8 Å². The number of anilines is 1. The molecule has 4 aromatic rings. The molecule has 0 saturated heterocycles. The van der Waals surface area contributed by atoms with Gasteiger partial charge in [-0.15, -0.1) is 0 Å². The standard InChI is InChI=1S/C19H22N2OS.C11H17N3S.C9H15N3.C7H9NO.C2H8N2/c1-2-21-18(16-10-6-7-11-17(16)20-21)12-15(23)13-19(22)14-8-4-3-5-9-14;1-2-14-10(7-11(12)15)8-5-3-4-6-9(8)13-14;1-2-12-9(10)7-5-3-4-6-8(7)11-12;8-5-6-3-1-2-4-7(6)9;1-2-4-3/h3-5,8-9H,2,6-7,10-13H2,1H3;2-7H2,1H3,(H2,12,15);2-6,10H2,1H3;6H,1-4H2;4H,2-3H2,1H3. The van der Waals surface area contributed by atoms with E-state index in [-0.39, 0.29) is 17.5 Å². The number of aromatic nitrogens is 6. The van der Waals surface area contributed by atoms with Crippen LogP contribution in [-0.4, -0.2) is 57.3 Å². The number of fused-ring (bicyclic) bond motifs is 3. The van der Waals surface area contributed by atoms with Crippen LogP contribution in [-0.2, 0) is 75.8 Å². The highest BCUT2D eigenvalue weighted by Crippen LogP contribution is 2.27. The molecule has 3 heterocycles. The molecular formula is C48H71N11O2S2. The van der Waals surface area contributed by atoms with Crippen LogP contribution in [0.5, 0.6) is 0 Å². The topological polar surface area (TPSA) is 201 Å². The van der Waals surface area contributed by atoms with Gasteiger partial charge in [0, 0.05) is 79.2 Å². The lowest BCUT2D eigenvalue weighted by molar-refractivity contribution is -0.122. The molecular weight excluding hydrogens is 827 g/mol. The Morgan fingerprint density at radius 3 is 1.63 bits per heavy atom. The molecule has 0 radical (unpaired) electrons. The summed E-state index contributed by atoms with van der Waals surface area (Å²) in [5.41, 5.74) is 25.1. The van der Waals surface area contributed by atoms with Gasteiger partial charge in [0.2, 0.25) is 0 Å². The van der Waals surface area contributed by atoms with E-state index in [4.69, 9.17) is 52.1 Å². The Bertz CT molecular complexity index is 2150. The number of ketones is 2. The van der Waals surface area contributed by atoms with E-state index in [2.05, 4.69) is 45.8 Å². The molecule has 13 nitrogen and oxygen atoms in total. The number of rotatable bonds is 11. The van der Waals surface area contributed by atoms with Crippen LogP contribution in [0, 0.1) is 17.2 Å². The van der Waals surface area contributed by atoms with Gasteiger partial charge < -0.3 is 11.5 Å². The van der Waals surface area contributed by atoms with Crippen molar-refractivity contribution in [1.29, 1.82) is 5.26 Å². The van der Waals surface area contributed by atoms with Crippen LogP contribution < -0.4 is 22.7 Å². The van der Waals surface area contributed by atoms with Crippen LogP contribution >= 0.6 is 24.4 Å². The highest BCUT2D eigenvalue weighted by molar-refractivity contribution is 7.80. The number of nitrogens with zero attached hydrogens (tertiary/aromatic N) is 7. The maximum Gasteiger partial charge on any atom is 0.167 e. The second-order valence-electron chi connectivity index (χ2n) is 16.4. The first kappa shape index (κ1) is 51.0. The summed E-state index contributed by atoms with van der Waals surface area (Å²) in [4.78, 5) is 24.5. The fourth-order valence-corrected chi connectivity index (χ4v) is 8.98. The second kappa shape index (κ2) is 26.9. The predicted octanol–water partition coefficient (Wildman–Crippen LogP) is 7.68. The van der Waals surface area contributed by atoms with Gasteiger partial charge in [0.15, 0.2) is 5.78 Å². The number of hydrogen-bond donors (Lipinski definition) is 4. The van der Waals surface area contributed by atoms with Crippen molar-refractivity contribution < 1.29 is 9.59 Å². The van der Waals surface area contributed by atoms with E-state index >= 15 is 0 Å². The fraction of sp³-hybridized carbons (Fsp3) is 0.583. The number of carbonyl (C=O) groups excluding carboxylic acids is 2. The zero-order chi connectivity index (χ0) is 45.7. The minimum atomic E-state index is -0.279. The van der Waals surface area contributed by atoms with Gasteiger partial charge in [-0.25, -0.2) is 4.68 Å². The average molecular weight is 898 g/mol. The smallest absolute Gasteiger partial charge is 0.167 e. The number of hydrazine groups is 1. The van der Waals surface area contributed by atoms with Gasteiger partial charge in [0.1, 0.15) is 17.5 Å². The van der Waals surface area contributed by atoms with Crippen molar-refractivity contribution >= 4 is 51.7 Å². The van der Waals surface area contributed by atoms with Crippen LogP contribution in [0.15, 0.2) is 30.3 Å². The maximum atomic E-state index is 12.3. The number of nitriles is 1. The van der Waals surface area contributed by atoms with Crippen molar-refractivity contribution in [3.8, 4) is 6.07 Å². The number of nitrogen functional groups attached to an aromatic ring is 1. The van der Waals surface area contributed by atoms with E-state index in [1.54, 1.807) is 0 Å². The molecule has 3 aromatic heterocycles. The summed E-state index contributed by atoms with van der Waals surface area (Å²) in [6.07, 6.45) is 19.4. The Balaban J connectivity index is 0.000000189. The van der Waals surface area contributed by atoms with Gasteiger partial charge in [-0.3, -0.25) is 30.2 Å². The molecule has 4 aliphatic rings. The molecule has 342 valence electrons. The van der Waals surface area contributed by atoms with Gasteiger partial charge in [-0.1, -0.05) is 68.1 Å². The van der Waals surface area contributed by atoms with Crippen LogP contribution in [0.1, 0.15) is 154 Å². The van der Waals surface area contributed by atoms with Gasteiger partial charge in [-0.2, -0.15) is 20.6 Å².